The predicted octanol–water partition coefficient (Wildman–Crippen LogP) is 2.02. The fourth-order valence-electron chi connectivity index (χ4n) is 2.39. The molecule has 0 aliphatic carbocycles. The molecule has 21 heavy (non-hydrogen) atoms. The summed E-state index contributed by atoms with van der Waals surface area (Å²) in [5.74, 6) is 1.62. The smallest absolute Gasteiger partial charge is 0.241 e. The molecule has 2 rings (SSSR count). The van der Waals surface area contributed by atoms with Gasteiger partial charge in [-0.3, -0.25) is 4.79 Å². The summed E-state index contributed by atoms with van der Waals surface area (Å²) in [6.45, 7) is 1.92. The zero-order valence-corrected chi connectivity index (χ0v) is 13.9. The van der Waals surface area contributed by atoms with E-state index in [4.69, 9.17) is 10.5 Å². The molecule has 0 saturated carbocycles. The molecule has 1 fully saturated rings. The number of halogens is 1. The number of benzene rings is 1. The van der Waals surface area contributed by atoms with Gasteiger partial charge in [0.25, 0.3) is 0 Å². The van der Waals surface area contributed by atoms with E-state index in [9.17, 15) is 4.79 Å². The van der Waals surface area contributed by atoms with E-state index in [1.807, 2.05) is 22.7 Å². The van der Waals surface area contributed by atoms with Crippen LogP contribution in [0, 0.1) is 5.92 Å². The van der Waals surface area contributed by atoms with Crippen LogP contribution in [0.3, 0.4) is 0 Å². The molecule has 118 valence electrons. The zero-order valence-electron chi connectivity index (χ0n) is 12.2. The number of methoxy groups -OCH3 is 1. The Bertz CT molecular complexity index is 433. The highest BCUT2D eigenvalue weighted by Gasteiger charge is 2.29. The third-order valence-electron chi connectivity index (χ3n) is 3.49. The van der Waals surface area contributed by atoms with Crippen molar-refractivity contribution in [2.24, 2.45) is 11.7 Å². The van der Waals surface area contributed by atoms with E-state index in [-0.39, 0.29) is 18.3 Å². The van der Waals surface area contributed by atoms with Gasteiger partial charge in [-0.1, -0.05) is 18.2 Å². The number of likely N-dealkylation sites (tertiary alicyclic amines) is 1. The normalized spacial score (nSPS) is 19.1. The summed E-state index contributed by atoms with van der Waals surface area (Å²) in [6.07, 6.45) is 1.06. The van der Waals surface area contributed by atoms with Crippen molar-refractivity contribution in [2.75, 3.05) is 32.6 Å². The first kappa shape index (κ1) is 18.3. The highest BCUT2D eigenvalue weighted by Crippen LogP contribution is 2.26. The number of amides is 1. The van der Waals surface area contributed by atoms with Crippen molar-refractivity contribution in [3.63, 3.8) is 0 Å². The summed E-state index contributed by atoms with van der Waals surface area (Å²) in [6, 6.07) is 9.85. The number of hydrogen-bond acceptors (Lipinski definition) is 4. The molecule has 0 spiro atoms. The maximum absolute atomic E-state index is 12.1. The molecule has 4 nitrogen and oxygen atoms in total. The summed E-state index contributed by atoms with van der Waals surface area (Å²) in [7, 11) is 1.57. The van der Waals surface area contributed by atoms with E-state index >= 15 is 0 Å². The van der Waals surface area contributed by atoms with Crippen molar-refractivity contribution < 1.29 is 9.53 Å². The largest absolute Gasteiger partial charge is 0.383 e. The number of thioether (sulfide) groups is 1. The number of rotatable bonds is 6. The second kappa shape index (κ2) is 9.30. The first-order valence-corrected chi connectivity index (χ1v) is 7.90. The summed E-state index contributed by atoms with van der Waals surface area (Å²) in [5, 5.41) is 0. The van der Waals surface area contributed by atoms with Crippen molar-refractivity contribution in [1.82, 2.24) is 4.90 Å². The van der Waals surface area contributed by atoms with Crippen LogP contribution < -0.4 is 5.73 Å². The van der Waals surface area contributed by atoms with Crippen molar-refractivity contribution in [1.29, 1.82) is 0 Å². The molecule has 0 aromatic heterocycles. The molecule has 1 aliphatic rings. The Morgan fingerprint density at radius 1 is 1.48 bits per heavy atom. The molecular formula is C15H23ClN2O2S. The Morgan fingerprint density at radius 2 is 2.19 bits per heavy atom. The van der Waals surface area contributed by atoms with Crippen LogP contribution in [0.1, 0.15) is 6.42 Å². The van der Waals surface area contributed by atoms with E-state index in [2.05, 4.69) is 24.3 Å². The summed E-state index contributed by atoms with van der Waals surface area (Å²) in [5.41, 5.74) is 5.80. The molecule has 1 heterocycles. The Balaban J connectivity index is 0.00000220. The molecule has 6 heteroatoms. The van der Waals surface area contributed by atoms with Crippen LogP contribution in [-0.4, -0.2) is 49.4 Å². The van der Waals surface area contributed by atoms with Gasteiger partial charge in [-0.15, -0.1) is 24.2 Å². The van der Waals surface area contributed by atoms with Gasteiger partial charge < -0.3 is 15.4 Å². The second-order valence-corrected chi connectivity index (χ2v) is 6.22. The average Bonchev–Trinajstić information content (AvgIpc) is 2.94. The van der Waals surface area contributed by atoms with Gasteiger partial charge >= 0.3 is 0 Å². The maximum atomic E-state index is 12.1. The fraction of sp³-hybridized carbons (Fsp3) is 0.533. The maximum Gasteiger partial charge on any atom is 0.241 e. The van der Waals surface area contributed by atoms with Crippen LogP contribution in [0.4, 0.5) is 0 Å². The standard InChI is InChI=1S/C15H22N2O2S.ClH/c1-19-10-14(16)15(18)17-8-7-12(9-17)11-20-13-5-3-2-4-6-13;/h2-6,12,14H,7-11,16H2,1H3;1H. The topological polar surface area (TPSA) is 55.6 Å². The molecule has 1 aromatic rings. The lowest BCUT2D eigenvalue weighted by Gasteiger charge is -2.20. The number of carbonyl (C=O) groups excluding carboxylic acids is 1. The minimum atomic E-state index is -0.527. The number of carbonyl (C=O) groups is 1. The van der Waals surface area contributed by atoms with Gasteiger partial charge in [-0.25, -0.2) is 0 Å². The van der Waals surface area contributed by atoms with E-state index in [0.29, 0.717) is 12.5 Å². The predicted molar refractivity (Wildman–Crippen MR) is 89.0 cm³/mol. The fourth-order valence-corrected chi connectivity index (χ4v) is 3.43. The molecule has 1 amide bonds. The van der Waals surface area contributed by atoms with Crippen LogP contribution >= 0.6 is 24.2 Å². The zero-order chi connectivity index (χ0) is 14.4. The Morgan fingerprint density at radius 3 is 2.86 bits per heavy atom. The SMILES string of the molecule is COCC(N)C(=O)N1CCC(CSc2ccccc2)C1.Cl. The Hall–Kier alpha value is -0.750. The van der Waals surface area contributed by atoms with E-state index < -0.39 is 6.04 Å². The third kappa shape index (κ3) is 5.51. The van der Waals surface area contributed by atoms with Gasteiger partial charge in [0.1, 0.15) is 6.04 Å². The summed E-state index contributed by atoms with van der Waals surface area (Å²) in [4.78, 5) is 15.2. The van der Waals surface area contributed by atoms with Gasteiger partial charge in [0.15, 0.2) is 0 Å². The van der Waals surface area contributed by atoms with Gasteiger partial charge in [0, 0.05) is 30.8 Å². The third-order valence-corrected chi connectivity index (χ3v) is 4.73. The van der Waals surface area contributed by atoms with Crippen molar-refractivity contribution >= 4 is 30.1 Å². The van der Waals surface area contributed by atoms with Gasteiger partial charge in [-0.2, -0.15) is 0 Å². The Labute approximate surface area is 136 Å². The molecule has 0 radical (unpaired) electrons. The van der Waals surface area contributed by atoms with Crippen molar-refractivity contribution in [2.45, 2.75) is 17.4 Å². The number of ether oxygens (including phenoxy) is 1. The van der Waals surface area contributed by atoms with E-state index in [0.717, 1.165) is 25.3 Å². The minimum Gasteiger partial charge on any atom is -0.383 e. The van der Waals surface area contributed by atoms with Crippen LogP contribution in [0.2, 0.25) is 0 Å². The molecule has 2 atom stereocenters. The van der Waals surface area contributed by atoms with E-state index in [1.165, 1.54) is 4.90 Å². The van der Waals surface area contributed by atoms with Gasteiger partial charge in [0.2, 0.25) is 5.91 Å². The molecule has 1 saturated heterocycles. The molecule has 0 bridgehead atoms. The average molecular weight is 331 g/mol. The van der Waals surface area contributed by atoms with Crippen LogP contribution in [0.15, 0.2) is 35.2 Å². The van der Waals surface area contributed by atoms with Gasteiger partial charge in [0.05, 0.1) is 6.61 Å². The second-order valence-electron chi connectivity index (χ2n) is 5.12. The molecule has 2 unspecified atom stereocenters. The van der Waals surface area contributed by atoms with Crippen molar-refractivity contribution in [3.05, 3.63) is 30.3 Å². The number of nitrogens with zero attached hydrogens (tertiary/aromatic N) is 1. The molecule has 1 aliphatic heterocycles. The highest BCUT2D eigenvalue weighted by molar-refractivity contribution is 7.99. The van der Waals surface area contributed by atoms with Gasteiger partial charge in [-0.05, 0) is 24.5 Å². The minimum absolute atomic E-state index is 0. The lowest BCUT2D eigenvalue weighted by molar-refractivity contribution is -0.132. The summed E-state index contributed by atoms with van der Waals surface area (Å²) < 4.78 is 4.94. The molecular weight excluding hydrogens is 308 g/mol. The van der Waals surface area contributed by atoms with E-state index in [1.54, 1.807) is 7.11 Å². The monoisotopic (exact) mass is 330 g/mol. The first-order chi connectivity index (χ1) is 9.70. The lowest BCUT2D eigenvalue weighted by atomic mass is 10.2. The van der Waals surface area contributed by atoms with Crippen LogP contribution in [0.5, 0.6) is 0 Å². The van der Waals surface area contributed by atoms with Crippen molar-refractivity contribution in [3.8, 4) is 0 Å². The first-order valence-electron chi connectivity index (χ1n) is 6.92. The van der Waals surface area contributed by atoms with Crippen LogP contribution in [-0.2, 0) is 9.53 Å². The Kier molecular flexibility index (Phi) is 8.11. The van der Waals surface area contributed by atoms with Crippen LogP contribution in [0.25, 0.3) is 0 Å². The molecule has 2 N–H and O–H groups in total. The summed E-state index contributed by atoms with van der Waals surface area (Å²) >= 11 is 1.86. The number of nitrogens with two attached hydrogens (primary N) is 1. The quantitative estimate of drug-likeness (QED) is 0.811. The number of hydrogen-bond donors (Lipinski definition) is 1. The molecule has 1 aromatic carbocycles. The highest BCUT2D eigenvalue weighted by atomic mass is 35.5. The lowest BCUT2D eigenvalue weighted by Crippen LogP contribution is -2.45.